The Bertz CT molecular complexity index is 1010. The van der Waals surface area contributed by atoms with E-state index in [-0.39, 0.29) is 18.2 Å². The summed E-state index contributed by atoms with van der Waals surface area (Å²) in [4.78, 5) is 24.5. The molecule has 1 aliphatic rings. The fourth-order valence-corrected chi connectivity index (χ4v) is 5.15. The number of aromatic nitrogens is 2. The van der Waals surface area contributed by atoms with Crippen molar-refractivity contribution in [3.63, 3.8) is 0 Å². The van der Waals surface area contributed by atoms with Crippen LogP contribution in [0.3, 0.4) is 0 Å². The molecule has 1 aliphatic carbocycles. The number of carbonyl (C=O) groups excluding carboxylic acids is 2. The molecule has 0 aliphatic heterocycles. The SMILES string of the molecule is O=C(Cc1cccc2ccccc12)Nc1nnc(SCC(=O)NC2CCCC2)s1. The molecule has 8 heteroatoms. The average molecular weight is 427 g/mol. The minimum atomic E-state index is -0.131. The van der Waals surface area contributed by atoms with Gasteiger partial charge in [-0.25, -0.2) is 0 Å². The van der Waals surface area contributed by atoms with Crippen molar-refractivity contribution in [1.82, 2.24) is 15.5 Å². The third-order valence-electron chi connectivity index (χ3n) is 4.93. The molecule has 150 valence electrons. The molecule has 2 N–H and O–H groups in total. The summed E-state index contributed by atoms with van der Waals surface area (Å²) in [7, 11) is 0. The topological polar surface area (TPSA) is 84.0 Å². The molecular formula is C21H22N4O2S2. The van der Waals surface area contributed by atoms with Gasteiger partial charge in [0.2, 0.25) is 16.9 Å². The van der Waals surface area contributed by atoms with Gasteiger partial charge in [0.25, 0.3) is 0 Å². The van der Waals surface area contributed by atoms with Crippen LogP contribution in [0.1, 0.15) is 31.2 Å². The average Bonchev–Trinajstić information content (AvgIpc) is 3.39. The van der Waals surface area contributed by atoms with Crippen LogP contribution in [-0.2, 0) is 16.0 Å². The first kappa shape index (κ1) is 19.8. The van der Waals surface area contributed by atoms with Gasteiger partial charge in [0.15, 0.2) is 4.34 Å². The summed E-state index contributed by atoms with van der Waals surface area (Å²) in [6.07, 6.45) is 4.80. The van der Waals surface area contributed by atoms with Crippen molar-refractivity contribution in [2.24, 2.45) is 0 Å². The van der Waals surface area contributed by atoms with E-state index >= 15 is 0 Å². The molecule has 2 amide bonds. The molecule has 0 saturated heterocycles. The number of nitrogens with zero attached hydrogens (tertiary/aromatic N) is 2. The Hall–Kier alpha value is -2.45. The van der Waals surface area contributed by atoms with E-state index in [2.05, 4.69) is 20.8 Å². The van der Waals surface area contributed by atoms with E-state index in [0.29, 0.717) is 21.3 Å². The van der Waals surface area contributed by atoms with Crippen molar-refractivity contribution in [3.8, 4) is 0 Å². The highest BCUT2D eigenvalue weighted by molar-refractivity contribution is 8.01. The number of nitrogens with one attached hydrogen (secondary N) is 2. The van der Waals surface area contributed by atoms with Gasteiger partial charge < -0.3 is 10.6 Å². The van der Waals surface area contributed by atoms with Gasteiger partial charge in [0.05, 0.1) is 12.2 Å². The number of rotatable bonds is 7. The van der Waals surface area contributed by atoms with Crippen LogP contribution in [0.4, 0.5) is 5.13 Å². The lowest BCUT2D eigenvalue weighted by Crippen LogP contribution is -2.33. The summed E-state index contributed by atoms with van der Waals surface area (Å²) in [6.45, 7) is 0. The second kappa shape index (κ2) is 9.37. The first-order chi connectivity index (χ1) is 14.2. The van der Waals surface area contributed by atoms with Crippen molar-refractivity contribution in [2.45, 2.75) is 42.5 Å². The molecule has 1 aromatic heterocycles. The Morgan fingerprint density at radius 1 is 1.03 bits per heavy atom. The van der Waals surface area contributed by atoms with Crippen molar-refractivity contribution >= 4 is 50.8 Å². The molecule has 0 unspecified atom stereocenters. The lowest BCUT2D eigenvalue weighted by Gasteiger charge is -2.10. The highest BCUT2D eigenvalue weighted by atomic mass is 32.2. The van der Waals surface area contributed by atoms with Crippen molar-refractivity contribution in [1.29, 1.82) is 0 Å². The lowest BCUT2D eigenvalue weighted by molar-refractivity contribution is -0.119. The smallest absolute Gasteiger partial charge is 0.230 e. The minimum Gasteiger partial charge on any atom is -0.353 e. The number of carbonyl (C=O) groups is 2. The van der Waals surface area contributed by atoms with Gasteiger partial charge in [-0.05, 0) is 29.2 Å². The van der Waals surface area contributed by atoms with Gasteiger partial charge >= 0.3 is 0 Å². The summed E-state index contributed by atoms with van der Waals surface area (Å²) >= 11 is 2.64. The Labute approximate surface area is 177 Å². The zero-order valence-corrected chi connectivity index (χ0v) is 17.5. The minimum absolute atomic E-state index is 0.0265. The molecular weight excluding hydrogens is 404 g/mol. The first-order valence-corrected chi connectivity index (χ1v) is 11.5. The molecule has 0 bridgehead atoms. The van der Waals surface area contributed by atoms with E-state index in [4.69, 9.17) is 0 Å². The summed E-state index contributed by atoms with van der Waals surface area (Å²) in [6, 6.07) is 14.3. The van der Waals surface area contributed by atoms with E-state index in [1.165, 1.54) is 35.9 Å². The molecule has 29 heavy (non-hydrogen) atoms. The summed E-state index contributed by atoms with van der Waals surface area (Å²) in [5, 5.41) is 16.6. The van der Waals surface area contributed by atoms with Gasteiger partial charge in [-0.3, -0.25) is 9.59 Å². The van der Waals surface area contributed by atoms with E-state index in [1.54, 1.807) is 0 Å². The summed E-state index contributed by atoms with van der Waals surface area (Å²) < 4.78 is 0.673. The monoisotopic (exact) mass is 426 g/mol. The Kier molecular flexibility index (Phi) is 6.41. The molecule has 3 aromatic rings. The van der Waals surface area contributed by atoms with Gasteiger partial charge in [0, 0.05) is 6.04 Å². The Balaban J connectivity index is 1.29. The fraction of sp³-hybridized carbons (Fsp3) is 0.333. The number of amides is 2. The van der Waals surface area contributed by atoms with E-state index in [1.807, 2.05) is 42.5 Å². The zero-order valence-electron chi connectivity index (χ0n) is 15.9. The van der Waals surface area contributed by atoms with E-state index in [0.717, 1.165) is 29.2 Å². The van der Waals surface area contributed by atoms with Crippen LogP contribution in [0.25, 0.3) is 10.8 Å². The lowest BCUT2D eigenvalue weighted by atomic mass is 10.0. The number of thioether (sulfide) groups is 1. The molecule has 4 rings (SSSR count). The van der Waals surface area contributed by atoms with Crippen LogP contribution in [-0.4, -0.2) is 33.8 Å². The van der Waals surface area contributed by atoms with Gasteiger partial charge in [-0.1, -0.05) is 78.4 Å². The molecule has 2 aromatic carbocycles. The Morgan fingerprint density at radius 2 is 1.83 bits per heavy atom. The number of fused-ring (bicyclic) bond motifs is 1. The second-order valence-corrected chi connectivity index (χ2v) is 9.27. The zero-order chi connectivity index (χ0) is 20.1. The molecule has 0 radical (unpaired) electrons. The molecule has 1 heterocycles. The van der Waals surface area contributed by atoms with E-state index in [9.17, 15) is 9.59 Å². The number of hydrogen-bond donors (Lipinski definition) is 2. The molecule has 0 atom stereocenters. The van der Waals surface area contributed by atoms with Gasteiger partial charge in [0.1, 0.15) is 0 Å². The van der Waals surface area contributed by atoms with Gasteiger partial charge in [-0.15, -0.1) is 10.2 Å². The fourth-order valence-electron chi connectivity index (χ4n) is 3.57. The molecule has 6 nitrogen and oxygen atoms in total. The highest BCUT2D eigenvalue weighted by Gasteiger charge is 2.18. The van der Waals surface area contributed by atoms with Crippen LogP contribution in [0, 0.1) is 0 Å². The molecule has 0 spiro atoms. The third-order valence-corrected chi connectivity index (χ3v) is 6.90. The van der Waals surface area contributed by atoms with Crippen LogP contribution < -0.4 is 10.6 Å². The maximum atomic E-state index is 12.5. The van der Waals surface area contributed by atoms with Crippen LogP contribution in [0.2, 0.25) is 0 Å². The number of benzene rings is 2. The van der Waals surface area contributed by atoms with Crippen molar-refractivity contribution in [2.75, 3.05) is 11.1 Å². The molecule has 1 saturated carbocycles. The first-order valence-electron chi connectivity index (χ1n) is 9.69. The third kappa shape index (κ3) is 5.33. The molecule has 1 fully saturated rings. The van der Waals surface area contributed by atoms with Crippen molar-refractivity contribution in [3.05, 3.63) is 48.0 Å². The van der Waals surface area contributed by atoms with Crippen LogP contribution in [0.15, 0.2) is 46.8 Å². The summed E-state index contributed by atoms with van der Waals surface area (Å²) in [5.74, 6) is 0.210. The van der Waals surface area contributed by atoms with Crippen LogP contribution in [0.5, 0.6) is 0 Å². The highest BCUT2D eigenvalue weighted by Crippen LogP contribution is 2.26. The summed E-state index contributed by atoms with van der Waals surface area (Å²) in [5.41, 5.74) is 0.975. The maximum Gasteiger partial charge on any atom is 0.230 e. The standard InChI is InChI=1S/C21H22N4O2S2/c26-18(12-15-8-5-7-14-6-1-4-11-17(14)15)23-20-24-25-21(29-20)28-13-19(27)22-16-9-2-3-10-16/h1,4-8,11,16H,2-3,9-10,12-13H2,(H,22,27)(H,23,24,26). The van der Waals surface area contributed by atoms with Crippen molar-refractivity contribution < 1.29 is 9.59 Å². The second-order valence-electron chi connectivity index (χ2n) is 7.07. The number of anilines is 1. The largest absolute Gasteiger partial charge is 0.353 e. The van der Waals surface area contributed by atoms with E-state index < -0.39 is 0 Å². The normalized spacial score (nSPS) is 14.2. The Morgan fingerprint density at radius 3 is 2.69 bits per heavy atom. The predicted molar refractivity (Wildman–Crippen MR) is 117 cm³/mol. The predicted octanol–water partition coefficient (Wildman–Crippen LogP) is 4.02. The quantitative estimate of drug-likeness (QED) is 0.440. The van der Waals surface area contributed by atoms with Gasteiger partial charge in [-0.2, -0.15) is 0 Å². The maximum absolute atomic E-state index is 12.5. The van der Waals surface area contributed by atoms with Crippen LogP contribution >= 0.6 is 23.1 Å². The number of hydrogen-bond acceptors (Lipinski definition) is 6.